The van der Waals surface area contributed by atoms with E-state index in [0.29, 0.717) is 17.8 Å². The Morgan fingerprint density at radius 2 is 1.78 bits per heavy atom. The summed E-state index contributed by atoms with van der Waals surface area (Å²) < 4.78 is 26.1. The number of aryl methyl sites for hydroxylation is 2. The van der Waals surface area contributed by atoms with Crippen LogP contribution in [0.2, 0.25) is 0 Å². The number of carbonyl (C=O) groups is 1. The van der Waals surface area contributed by atoms with E-state index < -0.39 is 10.0 Å². The minimum Gasteiger partial charge on any atom is -0.324 e. The molecule has 0 aliphatic rings. The van der Waals surface area contributed by atoms with E-state index in [-0.39, 0.29) is 18.4 Å². The van der Waals surface area contributed by atoms with Crippen LogP contribution >= 0.6 is 0 Å². The lowest BCUT2D eigenvalue weighted by atomic mass is 10.0. The summed E-state index contributed by atoms with van der Waals surface area (Å²) >= 11 is 0. The van der Waals surface area contributed by atoms with Gasteiger partial charge in [0.15, 0.2) is 0 Å². The van der Waals surface area contributed by atoms with Gasteiger partial charge in [0.25, 0.3) is 0 Å². The summed E-state index contributed by atoms with van der Waals surface area (Å²) in [5, 5.41) is 2.88. The van der Waals surface area contributed by atoms with Gasteiger partial charge in [-0.1, -0.05) is 57.2 Å². The van der Waals surface area contributed by atoms with Gasteiger partial charge in [-0.05, 0) is 42.0 Å². The maximum Gasteiger partial charge on any atom is 0.245 e. The predicted molar refractivity (Wildman–Crippen MR) is 112 cm³/mol. The molecule has 0 fully saturated rings. The molecule has 0 unspecified atom stereocenters. The molecule has 0 bridgehead atoms. The van der Waals surface area contributed by atoms with Crippen LogP contribution in [-0.2, 0) is 21.2 Å². The van der Waals surface area contributed by atoms with E-state index in [0.717, 1.165) is 22.9 Å². The Morgan fingerprint density at radius 1 is 1.11 bits per heavy atom. The highest BCUT2D eigenvalue weighted by Crippen LogP contribution is 2.28. The zero-order valence-corrected chi connectivity index (χ0v) is 17.4. The number of nitrogens with zero attached hydrogens (tertiary/aromatic N) is 1. The van der Waals surface area contributed by atoms with E-state index in [1.54, 1.807) is 0 Å². The van der Waals surface area contributed by atoms with Crippen LogP contribution in [0.5, 0.6) is 0 Å². The molecule has 0 saturated carbocycles. The highest BCUT2D eigenvalue weighted by Gasteiger charge is 2.24. The third kappa shape index (κ3) is 5.10. The number of rotatable bonds is 7. The number of anilines is 2. The number of sulfonamides is 1. The van der Waals surface area contributed by atoms with Gasteiger partial charge >= 0.3 is 0 Å². The Bertz CT molecular complexity index is 921. The van der Waals surface area contributed by atoms with Crippen molar-refractivity contribution in [3.05, 3.63) is 59.2 Å². The maximum absolute atomic E-state index is 12.7. The average Bonchev–Trinajstić information content (AvgIpc) is 2.59. The molecule has 0 heterocycles. The second kappa shape index (κ2) is 8.57. The van der Waals surface area contributed by atoms with Crippen molar-refractivity contribution >= 4 is 27.3 Å². The molecular formula is C21H28N2O3S. The van der Waals surface area contributed by atoms with Crippen LogP contribution < -0.4 is 9.62 Å². The lowest BCUT2D eigenvalue weighted by Gasteiger charge is -2.26. The summed E-state index contributed by atoms with van der Waals surface area (Å²) in [6.45, 7) is 7.67. The SMILES string of the molecule is CCc1cccc(C)c1N(CC(=O)Nc1ccccc1C(C)C)S(C)(=O)=O. The summed E-state index contributed by atoms with van der Waals surface area (Å²) in [6, 6.07) is 13.2. The van der Waals surface area contributed by atoms with Gasteiger partial charge in [0.2, 0.25) is 15.9 Å². The Balaban J connectivity index is 2.36. The monoisotopic (exact) mass is 388 g/mol. The highest BCUT2D eigenvalue weighted by atomic mass is 32.2. The van der Waals surface area contributed by atoms with Gasteiger partial charge < -0.3 is 5.32 Å². The van der Waals surface area contributed by atoms with E-state index in [1.165, 1.54) is 4.31 Å². The lowest BCUT2D eigenvalue weighted by molar-refractivity contribution is -0.114. The molecule has 0 saturated heterocycles. The quantitative estimate of drug-likeness (QED) is 0.777. The Labute approximate surface area is 162 Å². The van der Waals surface area contributed by atoms with Crippen molar-refractivity contribution in [3.8, 4) is 0 Å². The molecule has 1 amide bonds. The van der Waals surface area contributed by atoms with Gasteiger partial charge in [-0.2, -0.15) is 0 Å². The van der Waals surface area contributed by atoms with Gasteiger partial charge in [-0.25, -0.2) is 8.42 Å². The molecule has 1 N–H and O–H groups in total. The lowest BCUT2D eigenvalue weighted by Crippen LogP contribution is -2.38. The Hall–Kier alpha value is -2.34. The van der Waals surface area contributed by atoms with Gasteiger partial charge in [0.1, 0.15) is 6.54 Å². The van der Waals surface area contributed by atoms with E-state index in [9.17, 15) is 13.2 Å². The molecule has 6 heteroatoms. The molecule has 0 aliphatic carbocycles. The largest absolute Gasteiger partial charge is 0.324 e. The van der Waals surface area contributed by atoms with Crippen LogP contribution in [0.3, 0.4) is 0 Å². The summed E-state index contributed by atoms with van der Waals surface area (Å²) in [7, 11) is -3.61. The number of hydrogen-bond donors (Lipinski definition) is 1. The summed E-state index contributed by atoms with van der Waals surface area (Å²) in [5.74, 6) is -0.116. The number of para-hydroxylation sites is 2. The molecule has 2 rings (SSSR count). The molecule has 2 aromatic rings. The maximum atomic E-state index is 12.7. The first-order valence-electron chi connectivity index (χ1n) is 9.10. The van der Waals surface area contributed by atoms with Crippen molar-refractivity contribution in [3.63, 3.8) is 0 Å². The van der Waals surface area contributed by atoms with Crippen LogP contribution in [0.1, 0.15) is 43.4 Å². The topological polar surface area (TPSA) is 66.5 Å². The van der Waals surface area contributed by atoms with Gasteiger partial charge in [0.05, 0.1) is 11.9 Å². The van der Waals surface area contributed by atoms with Crippen LogP contribution in [-0.4, -0.2) is 27.1 Å². The highest BCUT2D eigenvalue weighted by molar-refractivity contribution is 7.92. The molecule has 0 spiro atoms. The van der Waals surface area contributed by atoms with Crippen molar-refractivity contribution in [2.75, 3.05) is 22.4 Å². The van der Waals surface area contributed by atoms with Crippen molar-refractivity contribution in [1.82, 2.24) is 0 Å². The van der Waals surface area contributed by atoms with Crippen LogP contribution in [0, 0.1) is 6.92 Å². The summed E-state index contributed by atoms with van der Waals surface area (Å²) in [5.41, 5.74) is 4.05. The van der Waals surface area contributed by atoms with E-state index >= 15 is 0 Å². The first-order valence-corrected chi connectivity index (χ1v) is 10.9. The fourth-order valence-corrected chi connectivity index (χ4v) is 4.10. The first kappa shape index (κ1) is 21.0. The summed E-state index contributed by atoms with van der Waals surface area (Å²) in [6.07, 6.45) is 1.81. The Morgan fingerprint density at radius 3 is 2.37 bits per heavy atom. The van der Waals surface area contributed by atoms with E-state index in [2.05, 4.69) is 19.2 Å². The third-order valence-corrected chi connectivity index (χ3v) is 5.61. The molecule has 0 aliphatic heterocycles. The van der Waals surface area contributed by atoms with Crippen LogP contribution in [0.25, 0.3) is 0 Å². The fourth-order valence-electron chi connectivity index (χ4n) is 3.16. The van der Waals surface area contributed by atoms with Gasteiger partial charge in [-0.3, -0.25) is 9.10 Å². The predicted octanol–water partition coefficient (Wildman–Crippen LogP) is 4.09. The number of nitrogens with one attached hydrogen (secondary N) is 1. The van der Waals surface area contributed by atoms with Crippen molar-refractivity contribution in [2.24, 2.45) is 0 Å². The van der Waals surface area contributed by atoms with Crippen molar-refractivity contribution < 1.29 is 13.2 Å². The van der Waals surface area contributed by atoms with Gasteiger partial charge in [0, 0.05) is 5.69 Å². The second-order valence-corrected chi connectivity index (χ2v) is 8.90. The van der Waals surface area contributed by atoms with Crippen molar-refractivity contribution in [1.29, 1.82) is 0 Å². The normalized spacial score (nSPS) is 11.5. The number of carbonyl (C=O) groups excluding carboxylic acids is 1. The molecule has 27 heavy (non-hydrogen) atoms. The minimum atomic E-state index is -3.61. The zero-order valence-electron chi connectivity index (χ0n) is 16.6. The zero-order chi connectivity index (χ0) is 20.2. The molecule has 0 atom stereocenters. The Kier molecular flexibility index (Phi) is 6.65. The molecule has 2 aromatic carbocycles. The summed E-state index contributed by atoms with van der Waals surface area (Å²) in [4.78, 5) is 12.7. The molecule has 146 valence electrons. The molecule has 5 nitrogen and oxygen atoms in total. The van der Waals surface area contributed by atoms with Crippen LogP contribution in [0.4, 0.5) is 11.4 Å². The average molecular weight is 389 g/mol. The molecule has 0 radical (unpaired) electrons. The first-order chi connectivity index (χ1) is 12.6. The molecular weight excluding hydrogens is 360 g/mol. The van der Waals surface area contributed by atoms with E-state index in [1.807, 2.05) is 56.3 Å². The second-order valence-electron chi connectivity index (χ2n) is 7.00. The number of amides is 1. The van der Waals surface area contributed by atoms with Crippen LogP contribution in [0.15, 0.2) is 42.5 Å². The smallest absolute Gasteiger partial charge is 0.245 e. The van der Waals surface area contributed by atoms with Crippen molar-refractivity contribution in [2.45, 2.75) is 40.0 Å². The fraction of sp³-hybridized carbons (Fsp3) is 0.381. The van der Waals surface area contributed by atoms with Gasteiger partial charge in [-0.15, -0.1) is 0 Å². The van der Waals surface area contributed by atoms with E-state index in [4.69, 9.17) is 0 Å². The number of benzene rings is 2. The molecule has 0 aromatic heterocycles. The third-order valence-electron chi connectivity index (χ3n) is 4.50. The standard InChI is InChI=1S/C21H28N2O3S/c1-6-17-11-9-10-16(4)21(17)23(27(5,25)26)14-20(24)22-19-13-8-7-12-18(19)15(2)3/h7-13,15H,6,14H2,1-5H3,(H,22,24). The number of hydrogen-bond acceptors (Lipinski definition) is 3. The minimum absolute atomic E-state index is 0.246.